The molecular weight excluding hydrogens is 308 g/mol. The number of unbranched alkanes of at least 4 members (excludes halogenated alkanes) is 1. The Morgan fingerprint density at radius 1 is 1.29 bits per heavy atom. The van der Waals surface area contributed by atoms with E-state index in [0.717, 1.165) is 36.2 Å². The number of nitrogens with zero attached hydrogens (tertiary/aromatic N) is 5. The molecule has 2 rings (SSSR count). The minimum absolute atomic E-state index is 0.379. The van der Waals surface area contributed by atoms with Crippen molar-refractivity contribution in [1.82, 2.24) is 25.1 Å². The van der Waals surface area contributed by atoms with Crippen LogP contribution in [0.25, 0.3) is 11.0 Å². The van der Waals surface area contributed by atoms with Crippen LogP contribution in [0.5, 0.6) is 0 Å². The Kier molecular flexibility index (Phi) is 5.58. The fourth-order valence-electron chi connectivity index (χ4n) is 2.29. The van der Waals surface area contributed by atoms with E-state index < -0.39 is 5.60 Å². The number of fused-ring (bicyclic) bond motifs is 1. The van der Waals surface area contributed by atoms with Gasteiger partial charge in [0.2, 0.25) is 0 Å². The van der Waals surface area contributed by atoms with Crippen LogP contribution in [-0.4, -0.2) is 52.1 Å². The Morgan fingerprint density at radius 3 is 2.71 bits per heavy atom. The van der Waals surface area contributed by atoms with Crippen LogP contribution in [0.1, 0.15) is 33.6 Å². The van der Waals surface area contributed by atoms with E-state index in [1.54, 1.807) is 12.5 Å². The summed E-state index contributed by atoms with van der Waals surface area (Å²) in [6.45, 7) is 6.85. The first kappa shape index (κ1) is 18.0. The van der Waals surface area contributed by atoms with E-state index in [1.165, 1.54) is 0 Å². The lowest BCUT2D eigenvalue weighted by Crippen LogP contribution is -2.33. The Balaban J connectivity index is 1.82. The summed E-state index contributed by atoms with van der Waals surface area (Å²) in [4.78, 5) is 22.1. The first-order valence-electron chi connectivity index (χ1n) is 8.08. The largest absolute Gasteiger partial charge is 0.444 e. The zero-order valence-electron chi connectivity index (χ0n) is 15.0. The van der Waals surface area contributed by atoms with E-state index in [4.69, 9.17) is 4.74 Å². The zero-order chi connectivity index (χ0) is 17.7. The number of carbonyl (C=O) groups excluding carboxylic acids is 1. The van der Waals surface area contributed by atoms with E-state index in [0.29, 0.717) is 6.54 Å². The van der Waals surface area contributed by atoms with Crippen molar-refractivity contribution in [2.24, 2.45) is 0 Å². The minimum Gasteiger partial charge on any atom is -0.444 e. The smallest absolute Gasteiger partial charge is 0.407 e. The molecule has 0 atom stereocenters. The van der Waals surface area contributed by atoms with Gasteiger partial charge in [0.05, 0.1) is 11.6 Å². The fourth-order valence-corrected chi connectivity index (χ4v) is 2.29. The van der Waals surface area contributed by atoms with E-state index in [-0.39, 0.29) is 6.09 Å². The van der Waals surface area contributed by atoms with Gasteiger partial charge in [0.15, 0.2) is 5.65 Å². The summed E-state index contributed by atoms with van der Waals surface area (Å²) in [5, 5.41) is 8.09. The Morgan fingerprint density at radius 2 is 2.04 bits per heavy atom. The summed E-state index contributed by atoms with van der Waals surface area (Å²) in [7, 11) is 3.89. The number of hydrogen-bond acceptors (Lipinski definition) is 6. The minimum atomic E-state index is -0.470. The summed E-state index contributed by atoms with van der Waals surface area (Å²) >= 11 is 0. The summed E-state index contributed by atoms with van der Waals surface area (Å²) in [5.41, 5.74) is 0.357. The van der Waals surface area contributed by atoms with Gasteiger partial charge in [-0.1, -0.05) is 0 Å². The molecule has 0 spiro atoms. The van der Waals surface area contributed by atoms with Crippen LogP contribution < -0.4 is 10.2 Å². The van der Waals surface area contributed by atoms with Gasteiger partial charge in [-0.05, 0) is 33.6 Å². The highest BCUT2D eigenvalue weighted by Gasteiger charge is 2.15. The van der Waals surface area contributed by atoms with Gasteiger partial charge >= 0.3 is 6.09 Å². The summed E-state index contributed by atoms with van der Waals surface area (Å²) in [6, 6.07) is 0. The molecule has 24 heavy (non-hydrogen) atoms. The molecule has 8 heteroatoms. The van der Waals surface area contributed by atoms with Crippen LogP contribution in [0.3, 0.4) is 0 Å². The number of aryl methyl sites for hydroxylation is 1. The Labute approximate surface area is 142 Å². The Bertz CT molecular complexity index is 689. The van der Waals surface area contributed by atoms with Crippen molar-refractivity contribution in [2.45, 2.75) is 45.8 Å². The monoisotopic (exact) mass is 334 g/mol. The van der Waals surface area contributed by atoms with E-state index >= 15 is 0 Å². The van der Waals surface area contributed by atoms with Crippen molar-refractivity contribution in [3.8, 4) is 0 Å². The maximum absolute atomic E-state index is 11.6. The topological polar surface area (TPSA) is 85.2 Å². The molecule has 0 aromatic carbocycles. The Hall–Kier alpha value is -2.38. The van der Waals surface area contributed by atoms with Crippen molar-refractivity contribution in [3.05, 3.63) is 12.5 Å². The quantitative estimate of drug-likeness (QED) is 0.815. The van der Waals surface area contributed by atoms with Crippen molar-refractivity contribution in [2.75, 3.05) is 25.5 Å². The fraction of sp³-hybridized carbons (Fsp3) is 0.625. The van der Waals surface area contributed by atoms with Crippen molar-refractivity contribution in [3.63, 3.8) is 0 Å². The van der Waals surface area contributed by atoms with Gasteiger partial charge in [-0.15, -0.1) is 0 Å². The molecule has 0 aliphatic heterocycles. The molecular formula is C16H26N6O2. The lowest BCUT2D eigenvalue weighted by atomic mass is 10.2. The van der Waals surface area contributed by atoms with Crippen molar-refractivity contribution < 1.29 is 9.53 Å². The highest BCUT2D eigenvalue weighted by molar-refractivity contribution is 5.86. The molecule has 0 radical (unpaired) electrons. The predicted octanol–water partition coefficient (Wildman–Crippen LogP) is 2.20. The van der Waals surface area contributed by atoms with Gasteiger partial charge in [-0.2, -0.15) is 5.10 Å². The molecule has 1 N–H and O–H groups in total. The number of hydrogen-bond donors (Lipinski definition) is 1. The molecule has 0 saturated heterocycles. The number of amides is 1. The molecule has 0 aliphatic carbocycles. The van der Waals surface area contributed by atoms with Crippen LogP contribution in [0, 0.1) is 0 Å². The van der Waals surface area contributed by atoms with Gasteiger partial charge in [-0.3, -0.25) is 0 Å². The highest BCUT2D eigenvalue weighted by atomic mass is 16.6. The van der Waals surface area contributed by atoms with Crippen LogP contribution >= 0.6 is 0 Å². The maximum atomic E-state index is 11.6. The first-order valence-corrected chi connectivity index (χ1v) is 8.08. The lowest BCUT2D eigenvalue weighted by Gasteiger charge is -2.19. The molecule has 0 saturated carbocycles. The molecule has 2 aromatic rings. The number of aromatic nitrogens is 4. The van der Waals surface area contributed by atoms with Gasteiger partial charge in [0, 0.05) is 27.2 Å². The van der Waals surface area contributed by atoms with Gasteiger partial charge in [0.1, 0.15) is 17.7 Å². The highest BCUT2D eigenvalue weighted by Crippen LogP contribution is 2.20. The number of ether oxygens (including phenoxy) is 1. The number of carbonyl (C=O) groups is 1. The molecule has 0 fully saturated rings. The molecule has 0 bridgehead atoms. The summed E-state index contributed by atoms with van der Waals surface area (Å²) in [5.74, 6) is 0.859. The molecule has 0 aliphatic rings. The number of rotatable bonds is 6. The molecule has 2 aromatic heterocycles. The molecule has 132 valence electrons. The third-order valence-corrected chi connectivity index (χ3v) is 3.30. The SMILES string of the molecule is CN(C)c1ncnc2c1cnn2CCCCNC(=O)OC(C)(C)C. The summed E-state index contributed by atoms with van der Waals surface area (Å²) < 4.78 is 7.07. The van der Waals surface area contributed by atoms with Crippen LogP contribution in [0.2, 0.25) is 0 Å². The zero-order valence-corrected chi connectivity index (χ0v) is 15.0. The number of alkyl carbamates (subject to hydrolysis) is 1. The van der Waals surface area contributed by atoms with Gasteiger partial charge in [0.25, 0.3) is 0 Å². The van der Waals surface area contributed by atoms with E-state index in [9.17, 15) is 4.79 Å². The average molecular weight is 334 g/mol. The normalized spacial score (nSPS) is 11.5. The predicted molar refractivity (Wildman–Crippen MR) is 93.1 cm³/mol. The van der Waals surface area contributed by atoms with E-state index in [2.05, 4.69) is 20.4 Å². The van der Waals surface area contributed by atoms with Crippen LogP contribution in [0.15, 0.2) is 12.5 Å². The second kappa shape index (κ2) is 7.46. The van der Waals surface area contributed by atoms with Crippen molar-refractivity contribution in [1.29, 1.82) is 0 Å². The molecule has 8 nitrogen and oxygen atoms in total. The van der Waals surface area contributed by atoms with Gasteiger partial charge in [-0.25, -0.2) is 19.4 Å². The number of anilines is 1. The standard InChI is InChI=1S/C16H26N6O2/c1-16(2,3)24-15(23)17-8-6-7-9-22-14-12(10-20-22)13(21(4)5)18-11-19-14/h10-11H,6-9H2,1-5H3,(H,17,23). The lowest BCUT2D eigenvalue weighted by molar-refractivity contribution is 0.0527. The third kappa shape index (κ3) is 4.81. The second-order valence-corrected chi connectivity index (χ2v) is 6.83. The maximum Gasteiger partial charge on any atom is 0.407 e. The summed E-state index contributed by atoms with van der Waals surface area (Å²) in [6.07, 6.45) is 4.69. The molecule has 1 amide bonds. The third-order valence-electron chi connectivity index (χ3n) is 3.30. The molecule has 2 heterocycles. The second-order valence-electron chi connectivity index (χ2n) is 6.83. The van der Waals surface area contributed by atoms with Crippen molar-refractivity contribution >= 4 is 22.9 Å². The van der Waals surface area contributed by atoms with Crippen LogP contribution in [0.4, 0.5) is 10.6 Å². The first-order chi connectivity index (χ1) is 11.3. The number of nitrogens with one attached hydrogen (secondary N) is 1. The molecule has 0 unspecified atom stereocenters. The van der Waals surface area contributed by atoms with Crippen LogP contribution in [-0.2, 0) is 11.3 Å². The van der Waals surface area contributed by atoms with Gasteiger partial charge < -0.3 is 15.0 Å². The average Bonchev–Trinajstić information content (AvgIpc) is 2.88. The van der Waals surface area contributed by atoms with E-state index in [1.807, 2.05) is 44.4 Å².